The van der Waals surface area contributed by atoms with Gasteiger partial charge in [0.15, 0.2) is 0 Å². The van der Waals surface area contributed by atoms with Gasteiger partial charge in [0, 0.05) is 17.6 Å². The molecule has 0 aliphatic heterocycles. The molecule has 2 aromatic heterocycles. The molecule has 4 aromatic rings. The molecule has 0 saturated heterocycles. The molecular weight excluding hydrogens is 462 g/mol. The number of rotatable bonds is 6. The van der Waals surface area contributed by atoms with Crippen LogP contribution in [0.4, 0.5) is 5.69 Å². The Morgan fingerprint density at radius 1 is 1.00 bits per heavy atom. The molecule has 0 radical (unpaired) electrons. The number of sulfone groups is 1. The molecular formula is C27H27N3O4S. The van der Waals surface area contributed by atoms with Crippen LogP contribution >= 0.6 is 0 Å². The van der Waals surface area contributed by atoms with Gasteiger partial charge in [-0.05, 0) is 68.7 Å². The second-order valence-electron chi connectivity index (χ2n) is 8.65. The van der Waals surface area contributed by atoms with Gasteiger partial charge in [-0.25, -0.2) is 13.4 Å². The summed E-state index contributed by atoms with van der Waals surface area (Å²) in [4.78, 5) is 30.3. The number of carbonyl (C=O) groups is 1. The minimum atomic E-state index is -4.14. The van der Waals surface area contributed by atoms with Gasteiger partial charge in [0.05, 0.1) is 10.3 Å². The molecule has 4 rings (SSSR count). The summed E-state index contributed by atoms with van der Waals surface area (Å²) in [5, 5.41) is 2.99. The fraction of sp³-hybridized carbons (Fsp3) is 0.222. The maximum absolute atomic E-state index is 13.6. The van der Waals surface area contributed by atoms with Gasteiger partial charge in [-0.3, -0.25) is 9.59 Å². The van der Waals surface area contributed by atoms with E-state index in [1.165, 1.54) is 16.8 Å². The van der Waals surface area contributed by atoms with Gasteiger partial charge >= 0.3 is 0 Å². The Morgan fingerprint density at radius 2 is 1.77 bits per heavy atom. The van der Waals surface area contributed by atoms with Crippen molar-refractivity contribution in [1.82, 2.24) is 9.55 Å². The number of amides is 1. The summed E-state index contributed by atoms with van der Waals surface area (Å²) >= 11 is 0. The first-order chi connectivity index (χ1) is 16.6. The normalized spacial score (nSPS) is 11.5. The van der Waals surface area contributed by atoms with Crippen molar-refractivity contribution in [2.75, 3.05) is 5.32 Å². The quantitative estimate of drug-likeness (QED) is 0.434. The molecule has 180 valence electrons. The van der Waals surface area contributed by atoms with Gasteiger partial charge in [0.1, 0.15) is 17.1 Å². The zero-order valence-electron chi connectivity index (χ0n) is 20.1. The molecule has 7 nitrogen and oxygen atoms in total. The van der Waals surface area contributed by atoms with Crippen molar-refractivity contribution in [2.45, 2.75) is 50.5 Å². The van der Waals surface area contributed by atoms with Crippen LogP contribution in [0.2, 0.25) is 0 Å². The fourth-order valence-electron chi connectivity index (χ4n) is 4.09. The molecule has 35 heavy (non-hydrogen) atoms. The Hall–Kier alpha value is -3.78. The molecule has 1 amide bonds. The molecule has 1 N–H and O–H groups in total. The van der Waals surface area contributed by atoms with Gasteiger partial charge in [0.2, 0.25) is 21.2 Å². The number of nitrogens with zero attached hydrogens (tertiary/aromatic N) is 2. The number of anilines is 1. The van der Waals surface area contributed by atoms with E-state index in [-0.39, 0.29) is 33.3 Å². The van der Waals surface area contributed by atoms with Crippen molar-refractivity contribution in [2.24, 2.45) is 0 Å². The summed E-state index contributed by atoms with van der Waals surface area (Å²) in [7, 11) is -4.14. The standard InChI is InChI=1S/C27H27N3O4S/c1-5-20-7-6-8-21(14-20)29-25(31)16-30-15-24(26(32)22-11-10-19(4)28-27(22)30)35(33,34)23-12-9-17(2)13-18(23)3/h6-15H,5,16H2,1-4H3,(H,29,31). The molecule has 0 fully saturated rings. The minimum absolute atomic E-state index is 0.0620. The lowest BCUT2D eigenvalue weighted by atomic mass is 10.1. The third kappa shape index (κ3) is 4.88. The lowest BCUT2D eigenvalue weighted by molar-refractivity contribution is -0.116. The van der Waals surface area contributed by atoms with Crippen molar-refractivity contribution in [3.05, 3.63) is 93.4 Å². The molecule has 0 spiro atoms. The van der Waals surface area contributed by atoms with Crippen LogP contribution in [-0.4, -0.2) is 23.9 Å². The van der Waals surface area contributed by atoms with Gasteiger partial charge < -0.3 is 9.88 Å². The highest BCUT2D eigenvalue weighted by atomic mass is 32.2. The van der Waals surface area contributed by atoms with E-state index in [0.29, 0.717) is 16.9 Å². The van der Waals surface area contributed by atoms with Crippen LogP contribution in [-0.2, 0) is 27.6 Å². The summed E-state index contributed by atoms with van der Waals surface area (Å²) in [5.74, 6) is -0.360. The summed E-state index contributed by atoms with van der Waals surface area (Å²) in [6.45, 7) is 7.15. The van der Waals surface area contributed by atoms with Gasteiger partial charge in [-0.2, -0.15) is 0 Å². The predicted molar refractivity (Wildman–Crippen MR) is 137 cm³/mol. The van der Waals surface area contributed by atoms with Crippen molar-refractivity contribution in [3.63, 3.8) is 0 Å². The Morgan fingerprint density at radius 3 is 2.49 bits per heavy atom. The van der Waals surface area contributed by atoms with Crippen LogP contribution in [0.1, 0.15) is 29.3 Å². The van der Waals surface area contributed by atoms with Crippen molar-refractivity contribution >= 4 is 32.5 Å². The number of hydrogen-bond acceptors (Lipinski definition) is 5. The van der Waals surface area contributed by atoms with Crippen molar-refractivity contribution < 1.29 is 13.2 Å². The average molecular weight is 490 g/mol. The summed E-state index contributed by atoms with van der Waals surface area (Å²) in [6.07, 6.45) is 2.06. The van der Waals surface area contributed by atoms with Gasteiger partial charge in [0.25, 0.3) is 0 Å². The fourth-order valence-corrected chi connectivity index (χ4v) is 5.68. The lowest BCUT2D eigenvalue weighted by Crippen LogP contribution is -2.24. The summed E-state index contributed by atoms with van der Waals surface area (Å²) in [5.41, 5.74) is 3.45. The third-order valence-corrected chi connectivity index (χ3v) is 7.78. The Bertz CT molecular complexity index is 1620. The molecule has 8 heteroatoms. The predicted octanol–water partition coefficient (Wildman–Crippen LogP) is 4.36. The van der Waals surface area contributed by atoms with E-state index in [2.05, 4.69) is 10.3 Å². The first-order valence-corrected chi connectivity index (χ1v) is 12.8. The van der Waals surface area contributed by atoms with Gasteiger partial charge in [-0.15, -0.1) is 0 Å². The van der Waals surface area contributed by atoms with E-state index >= 15 is 0 Å². The van der Waals surface area contributed by atoms with Crippen LogP contribution < -0.4 is 10.7 Å². The van der Waals surface area contributed by atoms with E-state index in [9.17, 15) is 18.0 Å². The number of pyridine rings is 2. The average Bonchev–Trinajstić information content (AvgIpc) is 2.80. The van der Waals surface area contributed by atoms with Gasteiger partial charge in [-0.1, -0.05) is 36.8 Å². The van der Waals surface area contributed by atoms with Crippen LogP contribution in [0, 0.1) is 20.8 Å². The van der Waals surface area contributed by atoms with Crippen LogP contribution in [0.5, 0.6) is 0 Å². The monoisotopic (exact) mass is 489 g/mol. The zero-order valence-corrected chi connectivity index (χ0v) is 20.9. The highest BCUT2D eigenvalue weighted by Crippen LogP contribution is 2.24. The number of fused-ring (bicyclic) bond motifs is 1. The van der Waals surface area contributed by atoms with Crippen LogP contribution in [0.15, 0.2) is 75.4 Å². The SMILES string of the molecule is CCc1cccc(NC(=O)Cn2cc(S(=O)(=O)c3ccc(C)cc3C)c(=O)c3ccc(C)nc32)c1. The maximum Gasteiger partial charge on any atom is 0.244 e. The number of aromatic nitrogens is 2. The highest BCUT2D eigenvalue weighted by Gasteiger charge is 2.26. The number of hydrogen-bond donors (Lipinski definition) is 1. The number of carbonyl (C=O) groups excluding carboxylic acids is 1. The number of nitrogens with one attached hydrogen (secondary N) is 1. The lowest BCUT2D eigenvalue weighted by Gasteiger charge is -2.15. The number of benzene rings is 2. The molecule has 0 bridgehead atoms. The molecule has 2 heterocycles. The van der Waals surface area contributed by atoms with E-state index in [1.54, 1.807) is 44.2 Å². The largest absolute Gasteiger partial charge is 0.325 e. The second kappa shape index (κ2) is 9.46. The molecule has 0 aliphatic rings. The number of aryl methyl sites for hydroxylation is 4. The Balaban J connectivity index is 1.82. The first kappa shape index (κ1) is 24.3. The third-order valence-electron chi connectivity index (χ3n) is 5.87. The van der Waals surface area contributed by atoms with E-state index in [1.807, 2.05) is 32.0 Å². The second-order valence-corrected chi connectivity index (χ2v) is 10.5. The Kier molecular flexibility index (Phi) is 6.58. The minimum Gasteiger partial charge on any atom is -0.325 e. The summed E-state index contributed by atoms with van der Waals surface area (Å²) < 4.78 is 28.6. The summed E-state index contributed by atoms with van der Waals surface area (Å²) in [6, 6.07) is 15.7. The molecule has 0 atom stereocenters. The Labute approximate surface area is 204 Å². The smallest absolute Gasteiger partial charge is 0.244 e. The van der Waals surface area contributed by atoms with Crippen LogP contribution in [0.25, 0.3) is 11.0 Å². The van der Waals surface area contributed by atoms with Crippen LogP contribution in [0.3, 0.4) is 0 Å². The zero-order chi connectivity index (χ0) is 25.3. The molecule has 2 aromatic carbocycles. The van der Waals surface area contributed by atoms with Crippen molar-refractivity contribution in [3.8, 4) is 0 Å². The molecule has 0 unspecified atom stereocenters. The molecule has 0 saturated carbocycles. The first-order valence-electron chi connectivity index (χ1n) is 11.3. The van der Waals surface area contributed by atoms with E-state index in [0.717, 1.165) is 17.5 Å². The molecule has 0 aliphatic carbocycles. The van der Waals surface area contributed by atoms with Crippen molar-refractivity contribution in [1.29, 1.82) is 0 Å². The maximum atomic E-state index is 13.6. The topological polar surface area (TPSA) is 98.1 Å². The highest BCUT2D eigenvalue weighted by molar-refractivity contribution is 7.91. The van der Waals surface area contributed by atoms with E-state index in [4.69, 9.17) is 0 Å². The van der Waals surface area contributed by atoms with E-state index < -0.39 is 15.3 Å².